The van der Waals surface area contributed by atoms with Crippen molar-refractivity contribution in [2.24, 2.45) is 0 Å². The molecule has 0 spiro atoms. The van der Waals surface area contributed by atoms with Crippen LogP contribution in [0.15, 0.2) is 59.3 Å². The number of nitrogens with zero attached hydrogens (tertiary/aromatic N) is 4. The standard InChI is InChI=1S/C24H17ClN4O2S2/c1-15(30)29(20-7-9-21(31-2)10-8-20)24-27-19(13-33-24)11-17(12-26)23-28-22(14-32-23)16-3-5-18(25)6-4-16/h3-11,13-14H,1-2H3/b17-11+. The third-order valence-corrected chi connectivity index (χ3v) is 6.61. The van der Waals surface area contributed by atoms with Crippen LogP contribution in [0.4, 0.5) is 10.8 Å². The lowest BCUT2D eigenvalue weighted by atomic mass is 10.2. The second kappa shape index (κ2) is 9.96. The number of methoxy groups -OCH3 is 1. The fraction of sp³-hybridized carbons (Fsp3) is 0.0833. The summed E-state index contributed by atoms with van der Waals surface area (Å²) >= 11 is 8.66. The summed E-state index contributed by atoms with van der Waals surface area (Å²) in [4.78, 5) is 23.0. The number of benzene rings is 2. The monoisotopic (exact) mass is 492 g/mol. The molecule has 0 radical (unpaired) electrons. The SMILES string of the molecule is COc1ccc(N(C(C)=O)c2nc(/C=C(\C#N)c3nc(-c4ccc(Cl)cc4)cs3)cs2)cc1. The molecule has 0 N–H and O–H groups in total. The molecule has 4 aromatic rings. The van der Waals surface area contributed by atoms with Crippen molar-refractivity contribution in [3.8, 4) is 23.1 Å². The van der Waals surface area contributed by atoms with Crippen LogP contribution in [0.3, 0.4) is 0 Å². The van der Waals surface area contributed by atoms with E-state index in [4.69, 9.17) is 16.3 Å². The van der Waals surface area contributed by atoms with E-state index in [1.54, 1.807) is 55.0 Å². The Kier molecular flexibility index (Phi) is 6.84. The summed E-state index contributed by atoms with van der Waals surface area (Å²) in [6.07, 6.45) is 1.68. The number of thiazole rings is 2. The van der Waals surface area contributed by atoms with E-state index in [0.29, 0.717) is 37.9 Å². The molecular weight excluding hydrogens is 476 g/mol. The molecule has 0 aliphatic rings. The maximum Gasteiger partial charge on any atom is 0.230 e. The van der Waals surface area contributed by atoms with Crippen LogP contribution in [0.1, 0.15) is 17.6 Å². The molecule has 1 amide bonds. The van der Waals surface area contributed by atoms with Crippen molar-refractivity contribution in [1.29, 1.82) is 5.26 Å². The Morgan fingerprint density at radius 2 is 1.82 bits per heavy atom. The van der Waals surface area contributed by atoms with Crippen LogP contribution in [-0.2, 0) is 4.79 Å². The summed E-state index contributed by atoms with van der Waals surface area (Å²) < 4.78 is 5.19. The zero-order chi connectivity index (χ0) is 23.4. The Morgan fingerprint density at radius 1 is 1.09 bits per heavy atom. The number of halogens is 1. The molecule has 2 heterocycles. The van der Waals surface area contributed by atoms with Gasteiger partial charge in [0.25, 0.3) is 0 Å². The van der Waals surface area contributed by atoms with Gasteiger partial charge in [-0.15, -0.1) is 22.7 Å². The molecule has 0 unspecified atom stereocenters. The van der Waals surface area contributed by atoms with Gasteiger partial charge in [-0.3, -0.25) is 9.69 Å². The van der Waals surface area contributed by atoms with Crippen molar-refractivity contribution in [1.82, 2.24) is 9.97 Å². The van der Waals surface area contributed by atoms with Gasteiger partial charge in [0, 0.05) is 28.3 Å². The number of hydrogen-bond donors (Lipinski definition) is 0. The van der Waals surface area contributed by atoms with Crippen molar-refractivity contribution in [2.75, 3.05) is 12.0 Å². The zero-order valence-electron chi connectivity index (χ0n) is 17.7. The van der Waals surface area contributed by atoms with Crippen LogP contribution in [0.2, 0.25) is 5.02 Å². The fourth-order valence-corrected chi connectivity index (χ4v) is 4.81. The minimum atomic E-state index is -0.168. The van der Waals surface area contributed by atoms with Crippen LogP contribution in [0.5, 0.6) is 5.75 Å². The molecule has 33 heavy (non-hydrogen) atoms. The van der Waals surface area contributed by atoms with Crippen molar-refractivity contribution in [2.45, 2.75) is 6.92 Å². The number of carbonyl (C=O) groups is 1. The van der Waals surface area contributed by atoms with Gasteiger partial charge in [-0.2, -0.15) is 5.26 Å². The van der Waals surface area contributed by atoms with E-state index >= 15 is 0 Å². The molecular formula is C24H17ClN4O2S2. The molecule has 9 heteroatoms. The number of hydrogen-bond acceptors (Lipinski definition) is 7. The molecule has 0 atom stereocenters. The third-order valence-electron chi connectivity index (χ3n) is 4.63. The Labute approximate surface area is 204 Å². The van der Waals surface area contributed by atoms with Gasteiger partial charge in [-0.1, -0.05) is 23.7 Å². The molecule has 6 nitrogen and oxygen atoms in total. The molecule has 4 rings (SSSR count). The van der Waals surface area contributed by atoms with Crippen LogP contribution in [-0.4, -0.2) is 23.0 Å². The molecule has 0 saturated carbocycles. The fourth-order valence-electron chi connectivity index (χ4n) is 3.04. The van der Waals surface area contributed by atoms with Crippen LogP contribution in [0, 0.1) is 11.3 Å². The van der Waals surface area contributed by atoms with Crippen molar-refractivity contribution < 1.29 is 9.53 Å². The second-order valence-electron chi connectivity index (χ2n) is 6.82. The maximum atomic E-state index is 12.3. The summed E-state index contributed by atoms with van der Waals surface area (Å²) in [5.41, 5.74) is 3.35. The third kappa shape index (κ3) is 5.12. The normalized spacial score (nSPS) is 11.2. The first-order valence-electron chi connectivity index (χ1n) is 9.72. The predicted molar refractivity (Wildman–Crippen MR) is 134 cm³/mol. The quantitative estimate of drug-likeness (QED) is 0.280. The number of nitriles is 1. The molecule has 0 fully saturated rings. The predicted octanol–water partition coefficient (Wildman–Crippen LogP) is 6.68. The van der Waals surface area contributed by atoms with Crippen molar-refractivity contribution >= 4 is 62.6 Å². The van der Waals surface area contributed by atoms with Gasteiger partial charge < -0.3 is 4.74 Å². The number of rotatable bonds is 6. The first-order valence-corrected chi connectivity index (χ1v) is 11.9. The van der Waals surface area contributed by atoms with E-state index in [1.807, 2.05) is 17.5 Å². The smallest absolute Gasteiger partial charge is 0.230 e. The van der Waals surface area contributed by atoms with Gasteiger partial charge in [0.05, 0.1) is 29.8 Å². The number of carbonyl (C=O) groups excluding carboxylic acids is 1. The topological polar surface area (TPSA) is 79.1 Å². The van der Waals surface area contributed by atoms with Crippen LogP contribution >= 0.6 is 34.3 Å². The molecule has 2 aromatic carbocycles. The van der Waals surface area contributed by atoms with Gasteiger partial charge in [0.2, 0.25) is 5.91 Å². The summed E-state index contributed by atoms with van der Waals surface area (Å²) in [7, 11) is 1.59. The maximum absolute atomic E-state index is 12.3. The lowest BCUT2D eigenvalue weighted by Gasteiger charge is -2.18. The summed E-state index contributed by atoms with van der Waals surface area (Å²) in [5.74, 6) is 0.531. The van der Waals surface area contributed by atoms with E-state index in [-0.39, 0.29) is 5.91 Å². The Balaban J connectivity index is 1.61. The van der Waals surface area contributed by atoms with Gasteiger partial charge >= 0.3 is 0 Å². The second-order valence-corrected chi connectivity index (χ2v) is 8.95. The molecule has 0 aliphatic carbocycles. The number of allylic oxidation sites excluding steroid dienone is 1. The van der Waals surface area contributed by atoms with Gasteiger partial charge in [-0.05, 0) is 42.5 Å². The summed E-state index contributed by atoms with van der Waals surface area (Å²) in [6.45, 7) is 1.48. The van der Waals surface area contributed by atoms with E-state index in [1.165, 1.54) is 34.5 Å². The molecule has 0 saturated heterocycles. The van der Waals surface area contributed by atoms with Gasteiger partial charge in [0.1, 0.15) is 16.8 Å². The van der Waals surface area contributed by atoms with Crippen LogP contribution < -0.4 is 9.64 Å². The highest BCUT2D eigenvalue weighted by molar-refractivity contribution is 7.14. The first kappa shape index (κ1) is 22.7. The van der Waals surface area contributed by atoms with Gasteiger partial charge in [-0.25, -0.2) is 9.97 Å². The van der Waals surface area contributed by atoms with Crippen molar-refractivity contribution in [3.63, 3.8) is 0 Å². The van der Waals surface area contributed by atoms with E-state index in [2.05, 4.69) is 16.0 Å². The largest absolute Gasteiger partial charge is 0.497 e. The first-order chi connectivity index (χ1) is 16.0. The lowest BCUT2D eigenvalue weighted by Crippen LogP contribution is -2.22. The summed E-state index contributed by atoms with van der Waals surface area (Å²) in [6, 6.07) is 16.8. The lowest BCUT2D eigenvalue weighted by molar-refractivity contribution is -0.115. The number of ether oxygens (including phenoxy) is 1. The highest BCUT2D eigenvalue weighted by Crippen LogP contribution is 2.32. The number of anilines is 2. The zero-order valence-corrected chi connectivity index (χ0v) is 20.0. The molecule has 0 bridgehead atoms. The van der Waals surface area contributed by atoms with Crippen molar-refractivity contribution in [3.05, 3.63) is 75.0 Å². The van der Waals surface area contributed by atoms with Crippen LogP contribution in [0.25, 0.3) is 22.9 Å². The molecule has 2 aromatic heterocycles. The van der Waals surface area contributed by atoms with Gasteiger partial charge in [0.15, 0.2) is 5.13 Å². The Hall–Kier alpha value is -3.51. The molecule has 164 valence electrons. The minimum Gasteiger partial charge on any atom is -0.497 e. The number of aromatic nitrogens is 2. The van der Waals surface area contributed by atoms with E-state index in [0.717, 1.165) is 11.3 Å². The minimum absolute atomic E-state index is 0.168. The van der Waals surface area contributed by atoms with E-state index < -0.39 is 0 Å². The highest BCUT2D eigenvalue weighted by Gasteiger charge is 2.18. The van der Waals surface area contributed by atoms with E-state index in [9.17, 15) is 10.1 Å². The average molecular weight is 493 g/mol. The number of amides is 1. The Morgan fingerprint density at radius 3 is 2.45 bits per heavy atom. The highest BCUT2D eigenvalue weighted by atomic mass is 35.5. The molecule has 0 aliphatic heterocycles. The summed E-state index contributed by atoms with van der Waals surface area (Å²) in [5, 5.41) is 15.2. The Bertz CT molecular complexity index is 1350. The average Bonchev–Trinajstić information content (AvgIpc) is 3.48.